The molecule has 0 radical (unpaired) electrons. The van der Waals surface area contributed by atoms with Crippen molar-refractivity contribution in [2.45, 2.75) is 32.9 Å². The quantitative estimate of drug-likeness (QED) is 0.460. The maximum Gasteiger partial charge on any atom is 0.355 e. The summed E-state index contributed by atoms with van der Waals surface area (Å²) in [6.45, 7) is 6.17. The van der Waals surface area contributed by atoms with Crippen LogP contribution in [0.3, 0.4) is 0 Å². The van der Waals surface area contributed by atoms with Gasteiger partial charge in [-0.3, -0.25) is 15.5 Å². The maximum atomic E-state index is 12.0. The molecule has 0 aliphatic heterocycles. The molecule has 0 saturated heterocycles. The molecule has 9 nitrogen and oxygen atoms in total. The van der Waals surface area contributed by atoms with Crippen LogP contribution < -0.4 is 15.8 Å². The summed E-state index contributed by atoms with van der Waals surface area (Å²) in [6.07, 6.45) is 2.94. The van der Waals surface area contributed by atoms with Crippen molar-refractivity contribution in [3.05, 3.63) is 76.7 Å². The van der Waals surface area contributed by atoms with Crippen LogP contribution in [0.5, 0.6) is 0 Å². The largest absolute Gasteiger partial charge is 0.355 e. The molecular weight excluding hydrogens is 370 g/mol. The smallest absolute Gasteiger partial charge is 0.301 e. The minimum Gasteiger partial charge on any atom is -0.301 e. The highest BCUT2D eigenvalue weighted by Gasteiger charge is 2.29. The molecule has 2 N–H and O–H groups in total. The van der Waals surface area contributed by atoms with Crippen molar-refractivity contribution in [2.75, 3.05) is 10.3 Å². The Kier molecular flexibility index (Phi) is 5.99. The van der Waals surface area contributed by atoms with E-state index in [9.17, 15) is 10.1 Å². The van der Waals surface area contributed by atoms with Crippen LogP contribution in [-0.4, -0.2) is 25.4 Å². The van der Waals surface area contributed by atoms with Crippen molar-refractivity contribution >= 4 is 23.1 Å². The first-order valence-electron chi connectivity index (χ1n) is 9.10. The van der Waals surface area contributed by atoms with E-state index < -0.39 is 4.92 Å². The van der Waals surface area contributed by atoms with E-state index in [0.717, 1.165) is 5.56 Å². The predicted molar refractivity (Wildman–Crippen MR) is 112 cm³/mol. The van der Waals surface area contributed by atoms with Gasteiger partial charge in [0.2, 0.25) is 11.6 Å². The number of anilines is 3. The van der Waals surface area contributed by atoms with Gasteiger partial charge in [0, 0.05) is 11.7 Å². The molecule has 0 aliphatic rings. The molecule has 2 heterocycles. The summed E-state index contributed by atoms with van der Waals surface area (Å²) in [5, 5.41) is 12.0. The Morgan fingerprint density at radius 3 is 2.38 bits per heavy atom. The second-order valence-corrected chi connectivity index (χ2v) is 7.41. The minimum absolute atomic E-state index is 0.0870. The van der Waals surface area contributed by atoms with Crippen LogP contribution in [0.1, 0.15) is 26.3 Å². The van der Waals surface area contributed by atoms with Crippen LogP contribution in [-0.2, 0) is 6.54 Å². The number of hydrogen-bond acceptors (Lipinski definition) is 8. The Morgan fingerprint density at radius 1 is 1.03 bits per heavy atom. The van der Waals surface area contributed by atoms with Gasteiger partial charge in [-0.2, -0.15) is 0 Å². The average molecular weight is 393 g/mol. The molecule has 29 heavy (non-hydrogen) atoms. The predicted octanol–water partition coefficient (Wildman–Crippen LogP) is 3.83. The molecule has 3 rings (SSSR count). The first kappa shape index (κ1) is 20.2. The van der Waals surface area contributed by atoms with Crippen LogP contribution in [0.4, 0.5) is 23.1 Å². The fourth-order valence-corrected chi connectivity index (χ4v) is 2.62. The molecular formula is C20H23N7O2. The topological polar surface area (TPSA) is 109 Å². The van der Waals surface area contributed by atoms with Crippen LogP contribution in [0.25, 0.3) is 0 Å². The van der Waals surface area contributed by atoms with Crippen LogP contribution in [0.15, 0.2) is 61.1 Å². The van der Waals surface area contributed by atoms with Crippen molar-refractivity contribution < 1.29 is 4.92 Å². The third-order valence-electron chi connectivity index (χ3n) is 3.91. The van der Waals surface area contributed by atoms with Gasteiger partial charge in [0.05, 0.1) is 11.5 Å². The zero-order valence-electron chi connectivity index (χ0n) is 16.5. The normalized spacial score (nSPS) is 11.1. The lowest BCUT2D eigenvalue weighted by Gasteiger charge is -2.24. The molecule has 0 amide bonds. The number of nitrogens with zero attached hydrogens (tertiary/aromatic N) is 5. The Labute approximate surface area is 169 Å². The van der Waals surface area contributed by atoms with Crippen LogP contribution >= 0.6 is 0 Å². The van der Waals surface area contributed by atoms with Crippen LogP contribution in [0, 0.1) is 10.1 Å². The highest BCUT2D eigenvalue weighted by molar-refractivity contribution is 5.74. The van der Waals surface area contributed by atoms with Gasteiger partial charge in [-0.1, -0.05) is 36.4 Å². The van der Waals surface area contributed by atoms with E-state index in [-0.39, 0.29) is 22.9 Å². The summed E-state index contributed by atoms with van der Waals surface area (Å²) in [7, 11) is 0. The lowest BCUT2D eigenvalue weighted by atomic mass is 10.1. The zero-order chi connectivity index (χ0) is 20.9. The molecule has 0 bridgehead atoms. The summed E-state index contributed by atoms with van der Waals surface area (Å²) in [5.74, 6) is 0.794. The number of rotatable bonds is 7. The number of pyridine rings is 1. The second kappa shape index (κ2) is 8.61. The van der Waals surface area contributed by atoms with Crippen molar-refractivity contribution in [1.82, 2.24) is 20.4 Å². The molecule has 1 aromatic carbocycles. The highest BCUT2D eigenvalue weighted by atomic mass is 16.6. The molecule has 0 atom stereocenters. The van der Waals surface area contributed by atoms with Crippen LogP contribution in [0.2, 0.25) is 0 Å². The summed E-state index contributed by atoms with van der Waals surface area (Å²) in [4.78, 5) is 25.9. The van der Waals surface area contributed by atoms with Gasteiger partial charge in [0.25, 0.3) is 0 Å². The van der Waals surface area contributed by atoms with Crippen molar-refractivity contribution in [3.63, 3.8) is 0 Å². The molecule has 3 aromatic rings. The number of nitro groups is 1. The van der Waals surface area contributed by atoms with E-state index in [4.69, 9.17) is 0 Å². The van der Waals surface area contributed by atoms with Gasteiger partial charge in [0.1, 0.15) is 12.1 Å². The lowest BCUT2D eigenvalue weighted by Crippen LogP contribution is -2.40. The maximum absolute atomic E-state index is 12.0. The number of nitrogens with one attached hydrogen (secondary N) is 2. The van der Waals surface area contributed by atoms with Crippen molar-refractivity contribution in [2.24, 2.45) is 0 Å². The fourth-order valence-electron chi connectivity index (χ4n) is 2.62. The Hall–Kier alpha value is -3.59. The zero-order valence-corrected chi connectivity index (χ0v) is 16.5. The van der Waals surface area contributed by atoms with Crippen molar-refractivity contribution in [3.8, 4) is 0 Å². The lowest BCUT2D eigenvalue weighted by molar-refractivity contribution is -0.383. The molecule has 0 unspecified atom stereocenters. The number of aromatic nitrogens is 3. The average Bonchev–Trinajstić information content (AvgIpc) is 2.71. The minimum atomic E-state index is -0.483. The second-order valence-electron chi connectivity index (χ2n) is 7.41. The molecule has 0 spiro atoms. The van der Waals surface area contributed by atoms with E-state index in [1.807, 2.05) is 57.2 Å². The molecule has 9 heteroatoms. The molecule has 0 saturated carbocycles. The van der Waals surface area contributed by atoms with Gasteiger partial charge in [-0.15, -0.1) is 0 Å². The summed E-state index contributed by atoms with van der Waals surface area (Å²) in [5.41, 5.74) is 6.29. The summed E-state index contributed by atoms with van der Waals surface area (Å²) < 4.78 is 0. The number of hydrazine groups is 1. The van der Waals surface area contributed by atoms with E-state index in [1.54, 1.807) is 23.2 Å². The van der Waals surface area contributed by atoms with E-state index in [2.05, 4.69) is 25.8 Å². The van der Waals surface area contributed by atoms with Gasteiger partial charge >= 0.3 is 5.69 Å². The number of hydrogen-bond donors (Lipinski definition) is 2. The molecule has 150 valence electrons. The SMILES string of the molecule is CC(C)(C)NNc1ncnc(N(Cc2ccccc2)c2ccccn2)c1[N+](=O)[O-]. The third-order valence-corrected chi connectivity index (χ3v) is 3.91. The van der Waals surface area contributed by atoms with Gasteiger partial charge in [0.15, 0.2) is 0 Å². The first-order chi connectivity index (χ1) is 13.8. The van der Waals surface area contributed by atoms with Crippen molar-refractivity contribution in [1.29, 1.82) is 0 Å². The van der Waals surface area contributed by atoms with Gasteiger partial charge in [-0.05, 0) is 38.5 Å². The highest BCUT2D eigenvalue weighted by Crippen LogP contribution is 2.36. The molecule has 0 aliphatic carbocycles. The Balaban J connectivity index is 2.08. The summed E-state index contributed by atoms with van der Waals surface area (Å²) in [6, 6.07) is 15.1. The standard InChI is InChI=1S/C20H23N7O2/c1-20(2,3)25-24-18-17(27(28)29)19(23-14-22-18)26(16-11-7-8-12-21-16)13-15-9-5-4-6-10-15/h4-12,14,25H,13H2,1-3H3,(H,22,23,24). The number of benzene rings is 1. The van der Waals surface area contributed by atoms with E-state index in [0.29, 0.717) is 12.4 Å². The van der Waals surface area contributed by atoms with E-state index >= 15 is 0 Å². The van der Waals surface area contributed by atoms with Gasteiger partial charge in [-0.25, -0.2) is 20.4 Å². The fraction of sp³-hybridized carbons (Fsp3) is 0.250. The Bertz CT molecular complexity index is 960. The Morgan fingerprint density at radius 2 is 1.76 bits per heavy atom. The van der Waals surface area contributed by atoms with E-state index in [1.165, 1.54) is 6.33 Å². The molecule has 2 aromatic heterocycles. The monoisotopic (exact) mass is 393 g/mol. The van der Waals surface area contributed by atoms with Gasteiger partial charge < -0.3 is 4.90 Å². The third kappa shape index (κ3) is 5.23. The summed E-state index contributed by atoms with van der Waals surface area (Å²) >= 11 is 0. The first-order valence-corrected chi connectivity index (χ1v) is 9.10. The molecule has 0 fully saturated rings.